The fourth-order valence-electron chi connectivity index (χ4n) is 0.641. The van der Waals surface area contributed by atoms with E-state index in [2.05, 4.69) is 4.98 Å². The normalized spacial score (nSPS) is 9.00. The number of hydrogen-bond donors (Lipinski definition) is 0. The molecular weight excluding hydrogens is 182 g/mol. The summed E-state index contributed by atoms with van der Waals surface area (Å²) in [4.78, 5) is 12.9. The maximum Gasteiger partial charge on any atom is 0.366 e. The first-order valence-corrected chi connectivity index (χ1v) is 3.23. The molecule has 0 aliphatic carbocycles. The van der Waals surface area contributed by atoms with Crippen molar-refractivity contribution in [2.45, 2.75) is 0 Å². The van der Waals surface area contributed by atoms with Gasteiger partial charge in [0.25, 0.3) is 0 Å². The van der Waals surface area contributed by atoms with Gasteiger partial charge in [-0.05, 0) is 21.5 Å². The first kappa shape index (κ1) is 8.43. The second kappa shape index (κ2) is 3.15. The number of nitriles is 1. The summed E-state index contributed by atoms with van der Waals surface area (Å²) < 4.78 is 0. The molecule has 1 aromatic heterocycles. The van der Waals surface area contributed by atoms with E-state index in [9.17, 15) is 10.1 Å². The van der Waals surface area contributed by atoms with Crippen molar-refractivity contribution in [1.29, 1.82) is 5.26 Å². The average molecular weight is 184 g/mol. The predicted octanol–water partition coefficient (Wildman–Crippen LogP) is 1.51. The van der Waals surface area contributed by atoms with Gasteiger partial charge in [0.15, 0.2) is 0 Å². The minimum atomic E-state index is -0.702. The van der Waals surface area contributed by atoms with Crippen LogP contribution in [0, 0.1) is 21.4 Å². The summed E-state index contributed by atoms with van der Waals surface area (Å²) in [5.41, 5.74) is 0.127. The Balaban J connectivity index is 3.26. The molecule has 5 nitrogen and oxygen atoms in total. The van der Waals surface area contributed by atoms with Crippen molar-refractivity contribution >= 4 is 17.4 Å². The van der Waals surface area contributed by atoms with Gasteiger partial charge in [0.2, 0.25) is 5.15 Å². The Bertz CT molecular complexity index is 372. The molecule has 0 aliphatic rings. The van der Waals surface area contributed by atoms with Gasteiger partial charge >= 0.3 is 5.82 Å². The lowest BCUT2D eigenvalue weighted by atomic mass is 10.3. The number of nitrogens with zero attached hydrogens (tertiary/aromatic N) is 3. The number of rotatable bonds is 1. The molecule has 12 heavy (non-hydrogen) atoms. The van der Waals surface area contributed by atoms with Gasteiger partial charge in [-0.3, -0.25) is 0 Å². The fourth-order valence-corrected chi connectivity index (χ4v) is 0.845. The molecule has 0 spiro atoms. The molecule has 0 N–H and O–H groups in total. The molecule has 0 amide bonds. The van der Waals surface area contributed by atoms with Crippen LogP contribution in [0.25, 0.3) is 0 Å². The highest BCUT2D eigenvalue weighted by molar-refractivity contribution is 6.29. The summed E-state index contributed by atoms with van der Waals surface area (Å²) in [6.07, 6.45) is 0. The highest BCUT2D eigenvalue weighted by Gasteiger charge is 2.10. The Kier molecular flexibility index (Phi) is 2.21. The molecule has 0 saturated carbocycles. The zero-order valence-electron chi connectivity index (χ0n) is 5.69. The van der Waals surface area contributed by atoms with Gasteiger partial charge in [0.05, 0.1) is 17.7 Å². The summed E-state index contributed by atoms with van der Waals surface area (Å²) in [5, 5.41) is 18.6. The van der Waals surface area contributed by atoms with Crippen molar-refractivity contribution in [2.24, 2.45) is 0 Å². The smallest absolute Gasteiger partial charge is 0.358 e. The molecule has 60 valence electrons. The Morgan fingerprint density at radius 1 is 1.67 bits per heavy atom. The van der Waals surface area contributed by atoms with E-state index in [1.54, 1.807) is 6.07 Å². The molecular formula is C6H2ClN3O2. The van der Waals surface area contributed by atoms with E-state index in [0.717, 1.165) is 6.07 Å². The quantitative estimate of drug-likeness (QED) is 0.376. The van der Waals surface area contributed by atoms with E-state index in [1.165, 1.54) is 6.07 Å². The largest absolute Gasteiger partial charge is 0.366 e. The lowest BCUT2D eigenvalue weighted by Crippen LogP contribution is -1.92. The van der Waals surface area contributed by atoms with Crippen molar-refractivity contribution in [3.63, 3.8) is 0 Å². The van der Waals surface area contributed by atoms with Gasteiger partial charge in [0, 0.05) is 6.07 Å². The Labute approximate surface area is 72.4 Å². The van der Waals surface area contributed by atoms with Crippen LogP contribution in [0.3, 0.4) is 0 Å². The number of pyridine rings is 1. The predicted molar refractivity (Wildman–Crippen MR) is 40.6 cm³/mol. The van der Waals surface area contributed by atoms with Crippen LogP contribution in [0.1, 0.15) is 5.56 Å². The molecule has 1 rings (SSSR count). The first-order chi connectivity index (χ1) is 5.63. The summed E-state index contributed by atoms with van der Waals surface area (Å²) in [6.45, 7) is 0. The van der Waals surface area contributed by atoms with Crippen molar-refractivity contribution < 1.29 is 4.92 Å². The lowest BCUT2D eigenvalue weighted by Gasteiger charge is -1.91. The molecule has 0 fully saturated rings. The van der Waals surface area contributed by atoms with Crippen LogP contribution < -0.4 is 0 Å². The van der Waals surface area contributed by atoms with Crippen molar-refractivity contribution in [1.82, 2.24) is 4.98 Å². The van der Waals surface area contributed by atoms with Crippen molar-refractivity contribution in [3.05, 3.63) is 33.0 Å². The topological polar surface area (TPSA) is 79.8 Å². The van der Waals surface area contributed by atoms with E-state index >= 15 is 0 Å². The van der Waals surface area contributed by atoms with Gasteiger partial charge in [-0.2, -0.15) is 5.26 Å². The van der Waals surface area contributed by atoms with Gasteiger partial charge in [-0.25, -0.2) is 0 Å². The van der Waals surface area contributed by atoms with Crippen LogP contribution in [0.15, 0.2) is 12.1 Å². The van der Waals surface area contributed by atoms with E-state index in [1.807, 2.05) is 0 Å². The first-order valence-electron chi connectivity index (χ1n) is 2.85. The van der Waals surface area contributed by atoms with E-state index in [-0.39, 0.29) is 10.7 Å². The van der Waals surface area contributed by atoms with Gasteiger partial charge < -0.3 is 10.1 Å². The maximum absolute atomic E-state index is 10.2. The summed E-state index contributed by atoms with van der Waals surface area (Å²) >= 11 is 5.41. The van der Waals surface area contributed by atoms with Crippen LogP contribution in [0.5, 0.6) is 0 Å². The number of halogens is 1. The Hall–Kier alpha value is -1.67. The Morgan fingerprint density at radius 2 is 2.33 bits per heavy atom. The molecule has 0 unspecified atom stereocenters. The van der Waals surface area contributed by atoms with Crippen LogP contribution in [-0.2, 0) is 0 Å². The van der Waals surface area contributed by atoms with Crippen LogP contribution in [0.4, 0.5) is 5.82 Å². The third kappa shape index (κ3) is 1.68. The van der Waals surface area contributed by atoms with Crippen LogP contribution >= 0.6 is 11.6 Å². The van der Waals surface area contributed by atoms with Gasteiger partial charge in [0.1, 0.15) is 0 Å². The molecule has 0 saturated heterocycles. The van der Waals surface area contributed by atoms with Gasteiger partial charge in [-0.1, -0.05) is 0 Å². The standard InChI is InChI=1S/C6H2ClN3O2/c7-5-1-4(3-8)2-6(9-5)10(11)12/h1-2H. The minimum Gasteiger partial charge on any atom is -0.358 e. The van der Waals surface area contributed by atoms with E-state index < -0.39 is 10.7 Å². The zero-order chi connectivity index (χ0) is 9.14. The third-order valence-corrected chi connectivity index (χ3v) is 1.29. The summed E-state index contributed by atoms with van der Waals surface area (Å²) in [7, 11) is 0. The molecule has 1 aromatic rings. The van der Waals surface area contributed by atoms with Crippen LogP contribution in [-0.4, -0.2) is 9.91 Å². The highest BCUT2D eigenvalue weighted by atomic mass is 35.5. The molecule has 0 atom stereocenters. The maximum atomic E-state index is 10.2. The fraction of sp³-hybridized carbons (Fsp3) is 0. The molecule has 1 heterocycles. The lowest BCUT2D eigenvalue weighted by molar-refractivity contribution is -0.389. The van der Waals surface area contributed by atoms with Crippen molar-refractivity contribution in [2.75, 3.05) is 0 Å². The number of aromatic nitrogens is 1. The number of nitro groups is 1. The minimum absolute atomic E-state index is 0.0549. The second-order valence-electron chi connectivity index (χ2n) is 1.91. The summed E-state index contributed by atoms with van der Waals surface area (Å²) in [6, 6.07) is 4.05. The van der Waals surface area contributed by atoms with Crippen LogP contribution in [0.2, 0.25) is 5.15 Å². The Morgan fingerprint density at radius 3 is 2.83 bits per heavy atom. The third-order valence-electron chi connectivity index (χ3n) is 1.10. The number of hydrogen-bond acceptors (Lipinski definition) is 4. The SMILES string of the molecule is N#Cc1cc(Cl)nc([N+](=O)[O-])c1. The molecule has 0 radical (unpaired) electrons. The van der Waals surface area contributed by atoms with E-state index in [0.29, 0.717) is 0 Å². The van der Waals surface area contributed by atoms with E-state index in [4.69, 9.17) is 16.9 Å². The summed E-state index contributed by atoms with van der Waals surface area (Å²) in [5.74, 6) is -0.418. The van der Waals surface area contributed by atoms with Gasteiger partial charge in [-0.15, -0.1) is 0 Å². The highest BCUT2D eigenvalue weighted by Crippen LogP contribution is 2.14. The van der Waals surface area contributed by atoms with Crippen molar-refractivity contribution in [3.8, 4) is 6.07 Å². The average Bonchev–Trinajstić information content (AvgIpc) is 2.03. The second-order valence-corrected chi connectivity index (χ2v) is 2.29. The monoisotopic (exact) mass is 183 g/mol. The molecule has 6 heteroatoms. The zero-order valence-corrected chi connectivity index (χ0v) is 6.45. The molecule has 0 aliphatic heterocycles. The molecule has 0 aromatic carbocycles. The molecule has 0 bridgehead atoms.